The number of ketones is 1. The number of carbonyl (C=O) groups is 2. The van der Waals surface area contributed by atoms with E-state index in [0.29, 0.717) is 31.9 Å². The number of Topliss-reactive ketones (excluding diaryl/α,β-unsaturated/α-hetero) is 1. The van der Waals surface area contributed by atoms with Gasteiger partial charge >= 0.3 is 0 Å². The molecule has 0 N–H and O–H groups in total. The number of carbonyl (C=O) groups excluding carboxylic acids is 2. The molecule has 4 nitrogen and oxygen atoms in total. The van der Waals surface area contributed by atoms with E-state index in [-0.39, 0.29) is 0 Å². The normalized spacial score (nSPS) is 13.8. The van der Waals surface area contributed by atoms with Crippen molar-refractivity contribution in [2.24, 2.45) is 0 Å². The second kappa shape index (κ2) is 7.58. The van der Waals surface area contributed by atoms with Crippen molar-refractivity contribution in [3.8, 4) is 11.8 Å². The van der Waals surface area contributed by atoms with Gasteiger partial charge in [0.25, 0.3) is 5.91 Å². The fourth-order valence-corrected chi connectivity index (χ4v) is 2.40. The monoisotopic (exact) mass is 319 g/mol. The number of amides is 1. The van der Waals surface area contributed by atoms with E-state index in [1.807, 2.05) is 30.3 Å². The minimum Gasteiger partial charge on any atom is -0.378 e. The van der Waals surface area contributed by atoms with Gasteiger partial charge in [-0.15, -0.1) is 0 Å². The van der Waals surface area contributed by atoms with E-state index < -0.39 is 11.7 Å². The number of hydrogen-bond acceptors (Lipinski definition) is 3. The van der Waals surface area contributed by atoms with Crippen LogP contribution in [0.5, 0.6) is 0 Å². The second-order valence-corrected chi connectivity index (χ2v) is 5.43. The minimum atomic E-state index is -0.487. The molecule has 0 bridgehead atoms. The fourth-order valence-electron chi connectivity index (χ4n) is 2.40. The zero-order chi connectivity index (χ0) is 16.8. The molecule has 2 aromatic rings. The van der Waals surface area contributed by atoms with Crippen molar-refractivity contribution in [3.63, 3.8) is 0 Å². The van der Waals surface area contributed by atoms with Gasteiger partial charge in [-0.1, -0.05) is 30.0 Å². The van der Waals surface area contributed by atoms with E-state index >= 15 is 0 Å². The van der Waals surface area contributed by atoms with Crippen LogP contribution in [0, 0.1) is 11.8 Å². The van der Waals surface area contributed by atoms with Gasteiger partial charge in [-0.05, 0) is 36.4 Å². The third-order valence-corrected chi connectivity index (χ3v) is 3.76. The van der Waals surface area contributed by atoms with Crippen molar-refractivity contribution in [1.29, 1.82) is 0 Å². The molecule has 0 aromatic heterocycles. The lowest BCUT2D eigenvalue weighted by atomic mass is 10.1. The van der Waals surface area contributed by atoms with Crippen LogP contribution in [0.15, 0.2) is 54.6 Å². The van der Waals surface area contributed by atoms with Gasteiger partial charge in [0.2, 0.25) is 5.78 Å². The highest BCUT2D eigenvalue weighted by molar-refractivity contribution is 6.42. The molecule has 120 valence electrons. The van der Waals surface area contributed by atoms with Crippen molar-refractivity contribution >= 4 is 11.7 Å². The first-order valence-electron chi connectivity index (χ1n) is 7.82. The van der Waals surface area contributed by atoms with Crippen LogP contribution in [0.2, 0.25) is 0 Å². The highest BCUT2D eigenvalue weighted by Crippen LogP contribution is 2.08. The van der Waals surface area contributed by atoms with Gasteiger partial charge in [0.1, 0.15) is 0 Å². The van der Waals surface area contributed by atoms with Crippen LogP contribution in [0.3, 0.4) is 0 Å². The van der Waals surface area contributed by atoms with Crippen LogP contribution in [-0.2, 0) is 9.53 Å². The maximum absolute atomic E-state index is 12.3. The first kappa shape index (κ1) is 16.0. The Hall–Kier alpha value is -2.90. The number of ether oxygens (including phenoxy) is 1. The summed E-state index contributed by atoms with van der Waals surface area (Å²) >= 11 is 0. The van der Waals surface area contributed by atoms with E-state index in [1.165, 1.54) is 4.90 Å². The van der Waals surface area contributed by atoms with E-state index in [2.05, 4.69) is 11.8 Å². The van der Waals surface area contributed by atoms with Crippen LogP contribution in [0.4, 0.5) is 0 Å². The first-order chi connectivity index (χ1) is 11.7. The third kappa shape index (κ3) is 3.89. The molecule has 1 heterocycles. The third-order valence-electron chi connectivity index (χ3n) is 3.76. The molecule has 0 spiro atoms. The summed E-state index contributed by atoms with van der Waals surface area (Å²) < 4.78 is 5.19. The molecule has 3 rings (SSSR count). The predicted molar refractivity (Wildman–Crippen MR) is 90.6 cm³/mol. The molecule has 0 aliphatic carbocycles. The molecule has 1 amide bonds. The summed E-state index contributed by atoms with van der Waals surface area (Å²) in [6.07, 6.45) is 0. The molecular weight excluding hydrogens is 302 g/mol. The van der Waals surface area contributed by atoms with Crippen LogP contribution >= 0.6 is 0 Å². The van der Waals surface area contributed by atoms with Gasteiger partial charge in [-0.25, -0.2) is 0 Å². The van der Waals surface area contributed by atoms with E-state index in [4.69, 9.17) is 4.74 Å². The summed E-state index contributed by atoms with van der Waals surface area (Å²) in [5.74, 6) is 5.15. The average Bonchev–Trinajstić information content (AvgIpc) is 2.67. The molecule has 0 unspecified atom stereocenters. The topological polar surface area (TPSA) is 46.6 Å². The lowest BCUT2D eigenvalue weighted by Crippen LogP contribution is -2.44. The Balaban J connectivity index is 1.69. The van der Waals surface area contributed by atoms with Gasteiger partial charge in [0.05, 0.1) is 13.2 Å². The summed E-state index contributed by atoms with van der Waals surface area (Å²) in [7, 11) is 0. The molecule has 4 heteroatoms. The van der Waals surface area contributed by atoms with Crippen molar-refractivity contribution in [1.82, 2.24) is 4.90 Å². The van der Waals surface area contributed by atoms with Gasteiger partial charge in [-0.2, -0.15) is 0 Å². The van der Waals surface area contributed by atoms with E-state index in [1.54, 1.807) is 24.3 Å². The zero-order valence-corrected chi connectivity index (χ0v) is 13.2. The van der Waals surface area contributed by atoms with Gasteiger partial charge < -0.3 is 9.64 Å². The van der Waals surface area contributed by atoms with Crippen LogP contribution < -0.4 is 0 Å². The van der Waals surface area contributed by atoms with Crippen molar-refractivity contribution < 1.29 is 14.3 Å². The highest BCUT2D eigenvalue weighted by Gasteiger charge is 2.24. The van der Waals surface area contributed by atoms with Gasteiger partial charge in [0, 0.05) is 29.8 Å². The summed E-state index contributed by atoms with van der Waals surface area (Å²) in [5.41, 5.74) is 2.12. The van der Waals surface area contributed by atoms with E-state index in [9.17, 15) is 9.59 Å². The molecule has 0 atom stereocenters. The number of benzene rings is 2. The molecular formula is C20H17NO3. The number of nitrogens with zero attached hydrogens (tertiary/aromatic N) is 1. The fraction of sp³-hybridized carbons (Fsp3) is 0.200. The second-order valence-electron chi connectivity index (χ2n) is 5.43. The van der Waals surface area contributed by atoms with Crippen molar-refractivity contribution in [2.75, 3.05) is 26.3 Å². The SMILES string of the molecule is O=C(C(=O)N1CCOCC1)c1ccc(C#Cc2ccccc2)cc1. The maximum atomic E-state index is 12.3. The molecule has 1 aliphatic heterocycles. The van der Waals surface area contributed by atoms with E-state index in [0.717, 1.165) is 11.1 Å². The molecule has 1 saturated heterocycles. The Morgan fingerprint density at radius 2 is 1.42 bits per heavy atom. The molecule has 0 radical (unpaired) electrons. The average molecular weight is 319 g/mol. The molecule has 1 fully saturated rings. The quantitative estimate of drug-likeness (QED) is 0.484. The Morgan fingerprint density at radius 1 is 0.833 bits per heavy atom. The molecule has 24 heavy (non-hydrogen) atoms. The summed E-state index contributed by atoms with van der Waals surface area (Å²) in [6, 6.07) is 16.5. The largest absolute Gasteiger partial charge is 0.378 e. The summed E-state index contributed by atoms with van der Waals surface area (Å²) in [6.45, 7) is 1.89. The van der Waals surface area contributed by atoms with Gasteiger partial charge in [-0.3, -0.25) is 9.59 Å². The Labute approximate surface area is 141 Å². The molecule has 1 aliphatic rings. The Bertz CT molecular complexity index is 779. The van der Waals surface area contributed by atoms with Crippen molar-refractivity contribution in [3.05, 3.63) is 71.3 Å². The lowest BCUT2D eigenvalue weighted by molar-refractivity contribution is -0.130. The molecule has 2 aromatic carbocycles. The highest BCUT2D eigenvalue weighted by atomic mass is 16.5. The lowest BCUT2D eigenvalue weighted by Gasteiger charge is -2.26. The minimum absolute atomic E-state index is 0.386. The Morgan fingerprint density at radius 3 is 2.04 bits per heavy atom. The number of hydrogen-bond donors (Lipinski definition) is 0. The standard InChI is InChI=1S/C20H17NO3/c22-19(20(23)21-12-14-24-15-13-21)18-10-8-17(9-11-18)7-6-16-4-2-1-3-5-16/h1-5,8-11H,12-15H2. The number of morpholine rings is 1. The Kier molecular flexibility index (Phi) is 5.05. The molecule has 0 saturated carbocycles. The van der Waals surface area contributed by atoms with Crippen LogP contribution in [0.1, 0.15) is 21.5 Å². The predicted octanol–water partition coefficient (Wildman–Crippen LogP) is 2.13. The first-order valence-corrected chi connectivity index (χ1v) is 7.82. The van der Waals surface area contributed by atoms with Crippen molar-refractivity contribution in [2.45, 2.75) is 0 Å². The zero-order valence-electron chi connectivity index (χ0n) is 13.2. The summed E-state index contributed by atoms with van der Waals surface area (Å²) in [4.78, 5) is 26.0. The summed E-state index contributed by atoms with van der Waals surface area (Å²) in [5, 5.41) is 0. The smallest absolute Gasteiger partial charge is 0.295 e. The van der Waals surface area contributed by atoms with Gasteiger partial charge in [0.15, 0.2) is 0 Å². The van der Waals surface area contributed by atoms with Crippen LogP contribution in [0.25, 0.3) is 0 Å². The maximum Gasteiger partial charge on any atom is 0.295 e. The number of rotatable bonds is 2. The van der Waals surface area contributed by atoms with Crippen LogP contribution in [-0.4, -0.2) is 42.9 Å².